The van der Waals surface area contributed by atoms with Crippen molar-refractivity contribution >= 4 is 33.6 Å². The Bertz CT molecular complexity index is 1050. The minimum atomic E-state index is -0.572. The van der Waals surface area contributed by atoms with Crippen LogP contribution >= 0.6 is 0 Å². The first-order chi connectivity index (χ1) is 11.8. The monoisotopic (exact) mass is 339 g/mol. The van der Waals surface area contributed by atoms with E-state index < -0.39 is 10.6 Å². The highest BCUT2D eigenvalue weighted by molar-refractivity contribution is 6.28. The Kier molecular flexibility index (Phi) is 3.18. The molecule has 2 heterocycles. The lowest BCUT2D eigenvalue weighted by Gasteiger charge is -2.36. The highest BCUT2D eigenvalue weighted by Crippen LogP contribution is 2.34. The zero-order chi connectivity index (χ0) is 17.9. The number of carbonyl (C=O) groups excluding carboxylic acids is 2. The van der Waals surface area contributed by atoms with Crippen LogP contribution in [0.2, 0.25) is 0 Å². The van der Waals surface area contributed by atoms with Gasteiger partial charge in [-0.15, -0.1) is 5.10 Å². The SMILES string of the molecule is Cn1nnc2cc3c4c(cccc4c21)C(=O)N(CC[N+](C)(C)[O-])C3=O. The third-order valence-electron chi connectivity index (χ3n) is 4.54. The summed E-state index contributed by atoms with van der Waals surface area (Å²) >= 11 is 0. The zero-order valence-corrected chi connectivity index (χ0v) is 14.2. The van der Waals surface area contributed by atoms with Crippen molar-refractivity contribution in [3.63, 3.8) is 0 Å². The topological polar surface area (TPSA) is 91.2 Å². The molecule has 3 aromatic rings. The van der Waals surface area contributed by atoms with Gasteiger partial charge < -0.3 is 9.85 Å². The quantitative estimate of drug-likeness (QED) is 0.407. The van der Waals surface area contributed by atoms with Crippen LogP contribution in [0.15, 0.2) is 24.3 Å². The van der Waals surface area contributed by atoms with Crippen LogP contribution in [0.25, 0.3) is 21.8 Å². The number of imide groups is 1. The number of benzene rings is 2. The molecule has 0 saturated carbocycles. The van der Waals surface area contributed by atoms with Gasteiger partial charge in [0.1, 0.15) is 5.52 Å². The van der Waals surface area contributed by atoms with E-state index in [1.165, 1.54) is 14.1 Å². The minimum Gasteiger partial charge on any atom is -0.633 e. The van der Waals surface area contributed by atoms with Gasteiger partial charge in [-0.2, -0.15) is 0 Å². The Morgan fingerprint density at radius 1 is 1.16 bits per heavy atom. The molecule has 8 nitrogen and oxygen atoms in total. The fourth-order valence-electron chi connectivity index (χ4n) is 3.31. The lowest BCUT2D eigenvalue weighted by atomic mass is 9.93. The van der Waals surface area contributed by atoms with Crippen molar-refractivity contribution in [2.45, 2.75) is 0 Å². The smallest absolute Gasteiger partial charge is 0.261 e. The maximum atomic E-state index is 12.9. The maximum Gasteiger partial charge on any atom is 0.261 e. The molecule has 1 aliphatic rings. The molecule has 0 bridgehead atoms. The fourth-order valence-corrected chi connectivity index (χ4v) is 3.31. The molecule has 1 aliphatic heterocycles. The van der Waals surface area contributed by atoms with Gasteiger partial charge in [0.2, 0.25) is 0 Å². The number of carbonyl (C=O) groups is 2. The molecule has 0 spiro atoms. The van der Waals surface area contributed by atoms with E-state index in [9.17, 15) is 14.8 Å². The molecule has 25 heavy (non-hydrogen) atoms. The van der Waals surface area contributed by atoms with E-state index in [0.29, 0.717) is 22.0 Å². The van der Waals surface area contributed by atoms with Crippen molar-refractivity contribution in [2.24, 2.45) is 7.05 Å². The molecule has 0 aliphatic carbocycles. The van der Waals surface area contributed by atoms with Crippen molar-refractivity contribution in [2.75, 3.05) is 27.2 Å². The predicted octanol–water partition coefficient (Wildman–Crippen LogP) is 1.29. The summed E-state index contributed by atoms with van der Waals surface area (Å²) in [5.41, 5.74) is 2.28. The number of aryl methyl sites for hydroxylation is 1. The number of aromatic nitrogens is 3. The van der Waals surface area contributed by atoms with Crippen molar-refractivity contribution in [1.29, 1.82) is 0 Å². The van der Waals surface area contributed by atoms with E-state index in [4.69, 9.17) is 0 Å². The summed E-state index contributed by atoms with van der Waals surface area (Å²) in [6, 6.07) is 7.03. The third kappa shape index (κ3) is 2.30. The number of likely N-dealkylation sites (N-methyl/N-ethyl adjacent to an activating group) is 1. The van der Waals surface area contributed by atoms with Crippen molar-refractivity contribution in [1.82, 2.24) is 19.9 Å². The van der Waals surface area contributed by atoms with E-state index in [-0.39, 0.29) is 19.0 Å². The van der Waals surface area contributed by atoms with Gasteiger partial charge in [-0.25, -0.2) is 4.68 Å². The average molecular weight is 339 g/mol. The normalized spacial score (nSPS) is 14.8. The molecular formula is C17H17N5O3. The number of quaternary nitrogens is 1. The Labute approximate surface area is 143 Å². The Morgan fingerprint density at radius 2 is 1.88 bits per heavy atom. The van der Waals surface area contributed by atoms with Gasteiger partial charge in [0.15, 0.2) is 0 Å². The van der Waals surface area contributed by atoms with E-state index in [0.717, 1.165) is 15.8 Å². The van der Waals surface area contributed by atoms with Gasteiger partial charge in [0, 0.05) is 23.4 Å². The van der Waals surface area contributed by atoms with Gasteiger partial charge in [-0.1, -0.05) is 17.3 Å². The second-order valence-corrected chi connectivity index (χ2v) is 6.79. The molecule has 0 atom stereocenters. The molecule has 4 rings (SSSR count). The lowest BCUT2D eigenvalue weighted by Crippen LogP contribution is -2.47. The molecule has 0 unspecified atom stereocenters. The first-order valence-corrected chi connectivity index (χ1v) is 7.93. The van der Waals surface area contributed by atoms with Crippen molar-refractivity contribution in [3.8, 4) is 0 Å². The number of amides is 2. The van der Waals surface area contributed by atoms with Crippen LogP contribution in [0.5, 0.6) is 0 Å². The van der Waals surface area contributed by atoms with Crippen molar-refractivity contribution < 1.29 is 14.2 Å². The van der Waals surface area contributed by atoms with Gasteiger partial charge >= 0.3 is 0 Å². The van der Waals surface area contributed by atoms with Crippen LogP contribution in [0.3, 0.4) is 0 Å². The number of nitrogens with zero attached hydrogens (tertiary/aromatic N) is 5. The van der Waals surface area contributed by atoms with Crippen molar-refractivity contribution in [3.05, 3.63) is 40.6 Å². The number of hydrogen-bond acceptors (Lipinski definition) is 5. The van der Waals surface area contributed by atoms with Gasteiger partial charge in [0.05, 0.1) is 38.3 Å². The van der Waals surface area contributed by atoms with Crippen LogP contribution in [-0.2, 0) is 7.05 Å². The van der Waals surface area contributed by atoms with Crippen LogP contribution in [0.4, 0.5) is 0 Å². The second kappa shape index (κ2) is 5.08. The summed E-state index contributed by atoms with van der Waals surface area (Å²) in [6.07, 6.45) is 0. The first kappa shape index (κ1) is 15.7. The Balaban J connectivity index is 1.94. The summed E-state index contributed by atoms with van der Waals surface area (Å²) in [4.78, 5) is 26.9. The Hall–Kier alpha value is -2.84. The fraction of sp³-hybridized carbons (Fsp3) is 0.294. The number of hydroxylamine groups is 3. The summed E-state index contributed by atoms with van der Waals surface area (Å²) in [5, 5.41) is 21.4. The molecule has 2 aromatic carbocycles. The maximum absolute atomic E-state index is 12.9. The summed E-state index contributed by atoms with van der Waals surface area (Å²) in [6.45, 7) is 0.207. The third-order valence-corrected chi connectivity index (χ3v) is 4.54. The van der Waals surface area contributed by atoms with Crippen LogP contribution in [0, 0.1) is 5.21 Å². The minimum absolute atomic E-state index is 0.0719. The van der Waals surface area contributed by atoms with E-state index >= 15 is 0 Å². The number of rotatable bonds is 3. The van der Waals surface area contributed by atoms with Gasteiger partial charge in [-0.05, 0) is 12.1 Å². The van der Waals surface area contributed by atoms with E-state index in [1.807, 2.05) is 6.07 Å². The molecule has 0 radical (unpaired) electrons. The highest BCUT2D eigenvalue weighted by Gasteiger charge is 2.34. The molecule has 0 N–H and O–H groups in total. The molecule has 2 amide bonds. The van der Waals surface area contributed by atoms with Gasteiger partial charge in [0.25, 0.3) is 11.8 Å². The van der Waals surface area contributed by atoms with Crippen LogP contribution < -0.4 is 0 Å². The largest absolute Gasteiger partial charge is 0.633 e. The molecular weight excluding hydrogens is 322 g/mol. The summed E-state index contributed by atoms with van der Waals surface area (Å²) in [5.74, 6) is -0.763. The van der Waals surface area contributed by atoms with E-state index in [2.05, 4.69) is 10.3 Å². The molecule has 1 aromatic heterocycles. The lowest BCUT2D eigenvalue weighted by molar-refractivity contribution is -0.839. The Morgan fingerprint density at radius 3 is 2.60 bits per heavy atom. The zero-order valence-electron chi connectivity index (χ0n) is 14.2. The first-order valence-electron chi connectivity index (χ1n) is 7.93. The van der Waals surface area contributed by atoms with Crippen LogP contribution in [-0.4, -0.2) is 63.5 Å². The average Bonchev–Trinajstić information content (AvgIpc) is 2.92. The molecule has 8 heteroatoms. The molecule has 0 saturated heterocycles. The highest BCUT2D eigenvalue weighted by atomic mass is 16.5. The molecule has 0 fully saturated rings. The molecule has 128 valence electrons. The number of fused-ring (bicyclic) bond motifs is 2. The number of hydrogen-bond donors (Lipinski definition) is 0. The standard InChI is InChI=1S/C17H17N5O3/c1-20-15-10-5-4-6-11-14(10)12(9-13(15)18-19-20)17(24)21(16(11)23)7-8-22(2,3)25/h4-6,9H,7-8H2,1-3H3. The van der Waals surface area contributed by atoms with Crippen LogP contribution in [0.1, 0.15) is 20.7 Å². The van der Waals surface area contributed by atoms with Gasteiger partial charge in [-0.3, -0.25) is 14.5 Å². The van der Waals surface area contributed by atoms with E-state index in [1.54, 1.807) is 29.9 Å². The predicted molar refractivity (Wildman–Crippen MR) is 91.7 cm³/mol. The second-order valence-electron chi connectivity index (χ2n) is 6.79. The summed E-state index contributed by atoms with van der Waals surface area (Å²) in [7, 11) is 4.74. The summed E-state index contributed by atoms with van der Waals surface area (Å²) < 4.78 is 1.06.